The Hall–Kier alpha value is -4.22. The molecule has 200 valence electrons. The molecule has 39 heavy (non-hydrogen) atoms. The maximum absolute atomic E-state index is 6.18. The fourth-order valence-electron chi connectivity index (χ4n) is 4.89. The van der Waals surface area contributed by atoms with Crippen LogP contribution in [0.1, 0.15) is 33.9 Å². The second-order valence-corrected chi connectivity index (χ2v) is 9.70. The van der Waals surface area contributed by atoms with Gasteiger partial charge in [-0.05, 0) is 65.6 Å². The Morgan fingerprint density at radius 3 is 1.95 bits per heavy atom. The summed E-state index contributed by atoms with van der Waals surface area (Å²) >= 11 is 0. The second kappa shape index (κ2) is 12.5. The Labute approximate surface area is 231 Å². The van der Waals surface area contributed by atoms with Crippen molar-refractivity contribution < 1.29 is 18.9 Å². The summed E-state index contributed by atoms with van der Waals surface area (Å²) in [5.74, 6) is 2.97. The monoisotopic (exact) mass is 521 g/mol. The third-order valence-electron chi connectivity index (χ3n) is 7.09. The Bertz CT molecular complexity index is 1400. The average molecular weight is 522 g/mol. The van der Waals surface area contributed by atoms with Crippen molar-refractivity contribution in [2.75, 3.05) is 27.8 Å². The molecule has 0 amide bonds. The zero-order valence-electron chi connectivity index (χ0n) is 22.8. The van der Waals surface area contributed by atoms with E-state index >= 15 is 0 Å². The van der Waals surface area contributed by atoms with E-state index in [2.05, 4.69) is 66.6 Å². The zero-order chi connectivity index (χ0) is 27.0. The van der Waals surface area contributed by atoms with Crippen molar-refractivity contribution in [1.82, 2.24) is 4.90 Å². The van der Waals surface area contributed by atoms with E-state index in [1.807, 2.05) is 48.5 Å². The number of hydrogen-bond donors (Lipinski definition) is 0. The van der Waals surface area contributed by atoms with E-state index in [1.165, 1.54) is 11.1 Å². The van der Waals surface area contributed by atoms with Crippen molar-refractivity contribution in [1.29, 1.82) is 0 Å². The molecule has 0 bridgehead atoms. The molecule has 0 radical (unpaired) electrons. The highest BCUT2D eigenvalue weighted by Crippen LogP contribution is 2.39. The van der Waals surface area contributed by atoms with E-state index in [1.54, 1.807) is 14.2 Å². The molecule has 4 aromatic carbocycles. The highest BCUT2D eigenvalue weighted by Gasteiger charge is 2.25. The van der Waals surface area contributed by atoms with Crippen molar-refractivity contribution >= 4 is 6.08 Å². The van der Waals surface area contributed by atoms with Crippen LogP contribution in [-0.4, -0.2) is 32.7 Å². The zero-order valence-corrected chi connectivity index (χ0v) is 22.8. The van der Waals surface area contributed by atoms with Crippen LogP contribution in [0.2, 0.25) is 0 Å². The van der Waals surface area contributed by atoms with Gasteiger partial charge < -0.3 is 18.9 Å². The quantitative estimate of drug-likeness (QED) is 0.223. The van der Waals surface area contributed by atoms with Gasteiger partial charge in [0.25, 0.3) is 0 Å². The Morgan fingerprint density at radius 2 is 1.33 bits per heavy atom. The molecule has 1 aliphatic heterocycles. The summed E-state index contributed by atoms with van der Waals surface area (Å²) in [5, 5.41) is 0. The van der Waals surface area contributed by atoms with E-state index in [4.69, 9.17) is 18.9 Å². The van der Waals surface area contributed by atoms with E-state index in [-0.39, 0.29) is 6.04 Å². The van der Waals surface area contributed by atoms with Crippen LogP contribution in [0.25, 0.3) is 6.08 Å². The summed E-state index contributed by atoms with van der Waals surface area (Å²) < 4.78 is 23.6. The molecule has 0 saturated heterocycles. The summed E-state index contributed by atoms with van der Waals surface area (Å²) in [6, 6.07) is 30.8. The number of benzene rings is 4. The van der Waals surface area contributed by atoms with Gasteiger partial charge in [0.15, 0.2) is 23.0 Å². The van der Waals surface area contributed by atoms with Gasteiger partial charge in [0, 0.05) is 6.54 Å². The minimum atomic E-state index is 0.113. The first-order valence-corrected chi connectivity index (χ1v) is 13.3. The standard InChI is InChI=1S/C34H35NO4/c1-35-19-18-28-21-34(39-24-27-12-8-5-9-13-27)32(37-3)22-29(28)30(35)16-14-25-15-17-31(36-2)33(20-25)38-23-26-10-6-4-7-11-26/h4-17,20-22,30H,18-19,23-24H2,1-3H3/b16-14+. The Balaban J connectivity index is 1.36. The van der Waals surface area contributed by atoms with Crippen LogP contribution >= 0.6 is 0 Å². The number of nitrogens with zero attached hydrogens (tertiary/aromatic N) is 1. The maximum atomic E-state index is 6.18. The SMILES string of the molecule is COc1ccc(/C=C/C2c3cc(OC)c(OCc4ccccc4)cc3CCN2C)cc1OCc1ccccc1. The molecule has 0 aromatic heterocycles. The Morgan fingerprint density at radius 1 is 0.718 bits per heavy atom. The molecule has 1 unspecified atom stereocenters. The van der Waals surface area contributed by atoms with E-state index in [0.29, 0.717) is 13.2 Å². The maximum Gasteiger partial charge on any atom is 0.162 e. The fourth-order valence-corrected chi connectivity index (χ4v) is 4.89. The molecule has 1 atom stereocenters. The summed E-state index contributed by atoms with van der Waals surface area (Å²) in [7, 11) is 5.52. The van der Waals surface area contributed by atoms with Crippen molar-refractivity contribution in [3.8, 4) is 23.0 Å². The van der Waals surface area contributed by atoms with E-state index in [9.17, 15) is 0 Å². The molecule has 0 spiro atoms. The number of rotatable bonds is 10. The normalized spacial score (nSPS) is 15.1. The average Bonchev–Trinajstić information content (AvgIpc) is 2.99. The lowest BCUT2D eigenvalue weighted by Gasteiger charge is -2.33. The van der Waals surface area contributed by atoms with Gasteiger partial charge in [-0.3, -0.25) is 4.90 Å². The molecule has 1 aliphatic rings. The molecule has 0 fully saturated rings. The van der Waals surface area contributed by atoms with Crippen LogP contribution in [0.15, 0.2) is 97.1 Å². The summed E-state index contributed by atoms with van der Waals surface area (Å²) in [4.78, 5) is 2.36. The second-order valence-electron chi connectivity index (χ2n) is 9.70. The van der Waals surface area contributed by atoms with Crippen molar-refractivity contribution in [2.24, 2.45) is 0 Å². The van der Waals surface area contributed by atoms with Crippen molar-refractivity contribution in [3.05, 3.63) is 125 Å². The third-order valence-corrected chi connectivity index (χ3v) is 7.09. The van der Waals surface area contributed by atoms with Crippen molar-refractivity contribution in [2.45, 2.75) is 25.7 Å². The number of ether oxygens (including phenoxy) is 4. The van der Waals surface area contributed by atoms with Gasteiger partial charge in [0.05, 0.1) is 20.3 Å². The first-order chi connectivity index (χ1) is 19.1. The lowest BCUT2D eigenvalue weighted by molar-refractivity contribution is 0.264. The fraction of sp³-hybridized carbons (Fsp3) is 0.235. The van der Waals surface area contributed by atoms with Crippen LogP contribution in [0.5, 0.6) is 23.0 Å². The third kappa shape index (κ3) is 6.44. The predicted molar refractivity (Wildman–Crippen MR) is 156 cm³/mol. The highest BCUT2D eigenvalue weighted by atomic mass is 16.5. The predicted octanol–water partition coefficient (Wildman–Crippen LogP) is 7.10. The smallest absolute Gasteiger partial charge is 0.162 e. The Kier molecular flexibility index (Phi) is 8.49. The number of hydrogen-bond acceptors (Lipinski definition) is 5. The molecule has 5 heteroatoms. The molecule has 1 heterocycles. The molecular weight excluding hydrogens is 486 g/mol. The lowest BCUT2D eigenvalue weighted by Crippen LogP contribution is -2.31. The number of methoxy groups -OCH3 is 2. The molecular formula is C34H35NO4. The van der Waals surface area contributed by atoms with E-state index < -0.39 is 0 Å². The molecule has 5 rings (SSSR count). The topological polar surface area (TPSA) is 40.2 Å². The largest absolute Gasteiger partial charge is 0.493 e. The van der Waals surface area contributed by atoms with Crippen LogP contribution in [0.4, 0.5) is 0 Å². The highest BCUT2D eigenvalue weighted by molar-refractivity contribution is 5.58. The van der Waals surface area contributed by atoms with Gasteiger partial charge in [-0.25, -0.2) is 0 Å². The summed E-state index contributed by atoms with van der Waals surface area (Å²) in [6.45, 7) is 1.95. The molecule has 0 N–H and O–H groups in total. The molecule has 5 nitrogen and oxygen atoms in total. The summed E-state index contributed by atoms with van der Waals surface area (Å²) in [5.41, 5.74) is 5.81. The summed E-state index contributed by atoms with van der Waals surface area (Å²) in [6.07, 6.45) is 5.35. The van der Waals surface area contributed by atoms with Gasteiger partial charge in [-0.1, -0.05) is 78.9 Å². The van der Waals surface area contributed by atoms with Gasteiger partial charge in [0.2, 0.25) is 0 Å². The lowest BCUT2D eigenvalue weighted by atomic mass is 9.91. The first kappa shape index (κ1) is 26.4. The van der Waals surface area contributed by atoms with Crippen molar-refractivity contribution in [3.63, 3.8) is 0 Å². The van der Waals surface area contributed by atoms with Crippen LogP contribution in [-0.2, 0) is 19.6 Å². The first-order valence-electron chi connectivity index (χ1n) is 13.3. The van der Waals surface area contributed by atoms with Crippen LogP contribution < -0.4 is 18.9 Å². The van der Waals surface area contributed by atoms with E-state index in [0.717, 1.165) is 52.7 Å². The minimum absolute atomic E-state index is 0.113. The van der Waals surface area contributed by atoms with Crippen LogP contribution in [0.3, 0.4) is 0 Å². The molecule has 0 saturated carbocycles. The van der Waals surface area contributed by atoms with Gasteiger partial charge in [-0.2, -0.15) is 0 Å². The molecule has 0 aliphatic carbocycles. The van der Waals surface area contributed by atoms with Gasteiger partial charge in [-0.15, -0.1) is 0 Å². The van der Waals surface area contributed by atoms with Crippen LogP contribution in [0, 0.1) is 0 Å². The minimum Gasteiger partial charge on any atom is -0.493 e. The number of likely N-dealkylation sites (N-methyl/N-ethyl adjacent to an activating group) is 1. The van der Waals surface area contributed by atoms with Gasteiger partial charge >= 0.3 is 0 Å². The number of fused-ring (bicyclic) bond motifs is 1. The molecule has 4 aromatic rings. The van der Waals surface area contributed by atoms with Gasteiger partial charge in [0.1, 0.15) is 13.2 Å².